The summed E-state index contributed by atoms with van der Waals surface area (Å²) < 4.78 is 18.7. The molecule has 12 heteroatoms. The molecule has 0 fully saturated rings. The van der Waals surface area contributed by atoms with Gasteiger partial charge >= 0.3 is 0 Å². The van der Waals surface area contributed by atoms with Gasteiger partial charge < -0.3 is 15.5 Å². The number of thioether (sulfide) groups is 1. The number of nitrogens with zero attached hydrogens (tertiary/aromatic N) is 5. The molecule has 1 atom stereocenters. The van der Waals surface area contributed by atoms with E-state index in [1.165, 1.54) is 18.1 Å². The van der Waals surface area contributed by atoms with E-state index < -0.39 is 11.1 Å². The first-order valence-corrected chi connectivity index (χ1v) is 9.36. The maximum atomic E-state index is 13.6. The van der Waals surface area contributed by atoms with Gasteiger partial charge in [-0.05, 0) is 12.8 Å². The van der Waals surface area contributed by atoms with Crippen LogP contribution in [0.4, 0.5) is 16.3 Å². The number of aromatic amines is 1. The number of ether oxygens (including phenoxy) is 1. The van der Waals surface area contributed by atoms with Crippen LogP contribution >= 0.6 is 11.8 Å². The molecule has 0 aliphatic heterocycles. The Morgan fingerprint density at radius 1 is 1.36 bits per heavy atom. The minimum Gasteiger partial charge on any atom is -0.476 e. The predicted octanol–water partition coefficient (Wildman–Crippen LogP) is 2.02. The maximum Gasteiger partial charge on any atom is 0.255 e. The molecule has 0 bridgehead atoms. The van der Waals surface area contributed by atoms with Gasteiger partial charge in [0.15, 0.2) is 5.65 Å². The highest BCUT2D eigenvalue weighted by molar-refractivity contribution is 8.00. The smallest absolute Gasteiger partial charge is 0.255 e. The van der Waals surface area contributed by atoms with Crippen LogP contribution in [0.2, 0.25) is 0 Å². The Balaban J connectivity index is 1.83. The van der Waals surface area contributed by atoms with Gasteiger partial charge in [-0.1, -0.05) is 25.6 Å². The molecule has 3 aromatic heterocycles. The standard InChI is InChI=1S/C16H19FN8O2S/c1-4-27-13-8(17)5-19-16(24-13)23-12(26)10(7(2)3)28-14-9-11(21-6-20-9)22-15(18)25-14/h5-7,10H,4H2,1-3H3,(H,19,23,24,26)(H3,18,20,21,22,25)/t10-/m0/s1. The normalized spacial score (nSPS) is 12.3. The second-order valence-electron chi connectivity index (χ2n) is 6.04. The molecule has 4 N–H and O–H groups in total. The topological polar surface area (TPSA) is 145 Å². The molecule has 0 aromatic carbocycles. The third-order valence-corrected chi connectivity index (χ3v) is 5.13. The monoisotopic (exact) mass is 406 g/mol. The third kappa shape index (κ3) is 4.27. The van der Waals surface area contributed by atoms with E-state index in [2.05, 4.69) is 35.2 Å². The van der Waals surface area contributed by atoms with E-state index in [1.54, 1.807) is 6.92 Å². The number of carbonyl (C=O) groups is 1. The van der Waals surface area contributed by atoms with Crippen LogP contribution in [0.15, 0.2) is 17.6 Å². The molecule has 0 radical (unpaired) electrons. The van der Waals surface area contributed by atoms with E-state index in [1.807, 2.05) is 13.8 Å². The summed E-state index contributed by atoms with van der Waals surface area (Å²) in [6.07, 6.45) is 2.43. The largest absolute Gasteiger partial charge is 0.476 e. The van der Waals surface area contributed by atoms with Crippen molar-refractivity contribution in [3.63, 3.8) is 0 Å². The Hall–Kier alpha value is -3.02. The number of hydrogen-bond acceptors (Lipinski definition) is 9. The van der Waals surface area contributed by atoms with Gasteiger partial charge in [-0.3, -0.25) is 10.1 Å². The molecule has 0 saturated heterocycles. The van der Waals surface area contributed by atoms with Crippen LogP contribution < -0.4 is 15.8 Å². The van der Waals surface area contributed by atoms with Gasteiger partial charge in [-0.2, -0.15) is 14.4 Å². The number of nitrogens with two attached hydrogens (primary N) is 1. The number of imidazole rings is 1. The summed E-state index contributed by atoms with van der Waals surface area (Å²) in [5.74, 6) is -1.33. The fourth-order valence-electron chi connectivity index (χ4n) is 2.35. The van der Waals surface area contributed by atoms with Gasteiger partial charge in [-0.15, -0.1) is 0 Å². The first-order chi connectivity index (χ1) is 13.4. The van der Waals surface area contributed by atoms with Crippen molar-refractivity contribution >= 4 is 40.7 Å². The van der Waals surface area contributed by atoms with Crippen LogP contribution in [0.3, 0.4) is 0 Å². The zero-order valence-electron chi connectivity index (χ0n) is 15.4. The molecule has 0 aliphatic rings. The van der Waals surface area contributed by atoms with Crippen molar-refractivity contribution in [2.45, 2.75) is 31.0 Å². The number of fused-ring (bicyclic) bond motifs is 1. The molecule has 0 spiro atoms. The minimum atomic E-state index is -0.701. The molecular formula is C16H19FN8O2S. The second kappa shape index (κ2) is 8.33. The van der Waals surface area contributed by atoms with E-state index in [9.17, 15) is 9.18 Å². The summed E-state index contributed by atoms with van der Waals surface area (Å²) in [7, 11) is 0. The van der Waals surface area contributed by atoms with Gasteiger partial charge in [-0.25, -0.2) is 15.0 Å². The molecule has 1 amide bonds. The van der Waals surface area contributed by atoms with Gasteiger partial charge in [0.25, 0.3) is 5.88 Å². The lowest BCUT2D eigenvalue weighted by Crippen LogP contribution is -2.30. The zero-order chi connectivity index (χ0) is 20.3. The average Bonchev–Trinajstić information content (AvgIpc) is 3.10. The van der Waals surface area contributed by atoms with E-state index in [4.69, 9.17) is 10.5 Å². The molecule has 3 aromatic rings. The van der Waals surface area contributed by atoms with Crippen LogP contribution in [0.5, 0.6) is 5.88 Å². The van der Waals surface area contributed by atoms with Crippen LogP contribution in [-0.2, 0) is 4.79 Å². The van der Waals surface area contributed by atoms with Gasteiger partial charge in [0, 0.05) is 0 Å². The number of carbonyl (C=O) groups excluding carboxylic acids is 1. The molecular weight excluding hydrogens is 387 g/mol. The Morgan fingerprint density at radius 2 is 2.14 bits per heavy atom. The summed E-state index contributed by atoms with van der Waals surface area (Å²) in [6, 6.07) is 0. The van der Waals surface area contributed by atoms with Crippen molar-refractivity contribution < 1.29 is 13.9 Å². The van der Waals surface area contributed by atoms with Crippen molar-refractivity contribution in [3.05, 3.63) is 18.3 Å². The van der Waals surface area contributed by atoms with Gasteiger partial charge in [0.1, 0.15) is 10.5 Å². The molecule has 3 rings (SSSR count). The van der Waals surface area contributed by atoms with Gasteiger partial charge in [0.2, 0.25) is 23.6 Å². The van der Waals surface area contributed by atoms with Crippen molar-refractivity contribution in [3.8, 4) is 5.88 Å². The highest BCUT2D eigenvalue weighted by Gasteiger charge is 2.27. The quantitative estimate of drug-likeness (QED) is 0.396. The fraction of sp³-hybridized carbons (Fsp3) is 0.375. The van der Waals surface area contributed by atoms with Crippen LogP contribution in [0.25, 0.3) is 11.2 Å². The molecule has 0 saturated carbocycles. The molecule has 0 aliphatic carbocycles. The highest BCUT2D eigenvalue weighted by atomic mass is 32.2. The summed E-state index contributed by atoms with van der Waals surface area (Å²) in [6.45, 7) is 5.72. The Bertz CT molecular complexity index is 996. The summed E-state index contributed by atoms with van der Waals surface area (Å²) in [5.41, 5.74) is 6.74. The maximum absolute atomic E-state index is 13.6. The number of H-pyrrole nitrogens is 1. The van der Waals surface area contributed by atoms with Crippen molar-refractivity contribution in [2.75, 3.05) is 17.7 Å². The molecule has 28 heavy (non-hydrogen) atoms. The lowest BCUT2D eigenvalue weighted by Gasteiger charge is -2.19. The first kappa shape index (κ1) is 19.7. The number of nitrogen functional groups attached to an aromatic ring is 1. The Morgan fingerprint density at radius 3 is 2.86 bits per heavy atom. The lowest BCUT2D eigenvalue weighted by molar-refractivity contribution is -0.116. The summed E-state index contributed by atoms with van der Waals surface area (Å²) >= 11 is 1.21. The lowest BCUT2D eigenvalue weighted by atomic mass is 10.1. The first-order valence-electron chi connectivity index (χ1n) is 8.48. The average molecular weight is 406 g/mol. The fourth-order valence-corrected chi connectivity index (χ4v) is 3.44. The predicted molar refractivity (Wildman–Crippen MR) is 102 cm³/mol. The summed E-state index contributed by atoms with van der Waals surface area (Å²) in [5, 5.41) is 2.55. The van der Waals surface area contributed by atoms with E-state index in [-0.39, 0.29) is 36.2 Å². The molecule has 0 unspecified atom stereocenters. The SMILES string of the molecule is CCOc1nc(NC(=O)[C@@H](Sc2nc(N)nc3nc[nH]c23)C(C)C)ncc1F. The number of rotatable bonds is 7. The number of aromatic nitrogens is 6. The van der Waals surface area contributed by atoms with Crippen molar-refractivity contribution in [1.82, 2.24) is 29.9 Å². The minimum absolute atomic E-state index is 0.0463. The molecule has 148 valence electrons. The third-order valence-electron chi connectivity index (χ3n) is 3.60. The van der Waals surface area contributed by atoms with E-state index in [0.29, 0.717) is 16.2 Å². The highest BCUT2D eigenvalue weighted by Crippen LogP contribution is 2.31. The zero-order valence-corrected chi connectivity index (χ0v) is 16.2. The van der Waals surface area contributed by atoms with Crippen molar-refractivity contribution in [2.24, 2.45) is 5.92 Å². The number of halogens is 1. The number of hydrogen-bond donors (Lipinski definition) is 3. The number of anilines is 2. The number of nitrogens with one attached hydrogen (secondary N) is 2. The Kier molecular flexibility index (Phi) is 5.87. The van der Waals surface area contributed by atoms with E-state index >= 15 is 0 Å². The molecule has 10 nitrogen and oxygen atoms in total. The van der Waals surface area contributed by atoms with Crippen molar-refractivity contribution in [1.29, 1.82) is 0 Å². The van der Waals surface area contributed by atoms with Crippen LogP contribution in [0.1, 0.15) is 20.8 Å². The van der Waals surface area contributed by atoms with E-state index in [0.717, 1.165) is 6.20 Å². The number of amides is 1. The molecule has 3 heterocycles. The van der Waals surface area contributed by atoms with Crippen LogP contribution in [-0.4, -0.2) is 47.7 Å². The second-order valence-corrected chi connectivity index (χ2v) is 7.17. The van der Waals surface area contributed by atoms with Crippen LogP contribution in [0, 0.1) is 11.7 Å². The Labute approximate surface area is 163 Å². The summed E-state index contributed by atoms with van der Waals surface area (Å²) in [4.78, 5) is 35.8. The van der Waals surface area contributed by atoms with Gasteiger partial charge in [0.05, 0.1) is 24.4 Å².